The highest BCUT2D eigenvalue weighted by atomic mass is 35.5. The number of methoxy groups -OCH3 is 1. The number of thiazole rings is 1. The molecular weight excluding hydrogens is 424 g/mol. The Morgan fingerprint density at radius 2 is 1.84 bits per heavy atom. The standard InChI is InChI=1S/C26H27ClN2OS/c1-6-13-29(25-17(3)8-9-19-14-16(2)7-11-21(19)25)26-28-24(18(4)31-26)22-12-10-20(30-5)15-23(22)27/h7-12,14-15H,6,13H2,1-5H3. The van der Waals surface area contributed by atoms with Gasteiger partial charge in [0.25, 0.3) is 0 Å². The molecule has 5 heteroatoms. The summed E-state index contributed by atoms with van der Waals surface area (Å²) in [5.74, 6) is 0.746. The van der Waals surface area contributed by atoms with Crippen LogP contribution in [0.15, 0.2) is 48.5 Å². The van der Waals surface area contributed by atoms with Gasteiger partial charge in [0.1, 0.15) is 5.75 Å². The number of aromatic nitrogens is 1. The molecule has 0 radical (unpaired) electrons. The molecule has 0 amide bonds. The summed E-state index contributed by atoms with van der Waals surface area (Å²) < 4.78 is 5.30. The second-order valence-corrected chi connectivity index (χ2v) is 9.44. The number of anilines is 2. The molecule has 0 aliphatic carbocycles. The molecule has 0 aliphatic heterocycles. The number of fused-ring (bicyclic) bond motifs is 1. The van der Waals surface area contributed by atoms with Crippen LogP contribution in [0.25, 0.3) is 22.0 Å². The van der Waals surface area contributed by atoms with Crippen molar-refractivity contribution in [1.82, 2.24) is 4.98 Å². The van der Waals surface area contributed by atoms with Crippen LogP contribution in [0.5, 0.6) is 5.75 Å². The molecule has 4 aromatic rings. The lowest BCUT2D eigenvalue weighted by Gasteiger charge is -2.25. The highest BCUT2D eigenvalue weighted by Gasteiger charge is 2.21. The lowest BCUT2D eigenvalue weighted by molar-refractivity contribution is 0.415. The van der Waals surface area contributed by atoms with Crippen LogP contribution < -0.4 is 9.64 Å². The Hall–Kier alpha value is -2.56. The van der Waals surface area contributed by atoms with Gasteiger partial charge in [-0.3, -0.25) is 0 Å². The third-order valence-corrected chi connectivity index (χ3v) is 6.82. The summed E-state index contributed by atoms with van der Waals surface area (Å²) in [6.07, 6.45) is 1.03. The molecule has 0 N–H and O–H groups in total. The molecule has 0 atom stereocenters. The Kier molecular flexibility index (Phi) is 6.22. The van der Waals surface area contributed by atoms with Crippen LogP contribution in [0.4, 0.5) is 10.8 Å². The van der Waals surface area contributed by atoms with E-state index in [1.807, 2.05) is 18.2 Å². The number of nitrogens with zero attached hydrogens (tertiary/aromatic N) is 2. The normalized spacial score (nSPS) is 11.2. The van der Waals surface area contributed by atoms with Crippen molar-refractivity contribution in [3.63, 3.8) is 0 Å². The summed E-state index contributed by atoms with van der Waals surface area (Å²) in [4.78, 5) is 8.59. The van der Waals surface area contributed by atoms with Gasteiger partial charge in [0.05, 0.1) is 23.5 Å². The molecule has 4 rings (SSSR count). The number of ether oxygens (including phenoxy) is 1. The van der Waals surface area contributed by atoms with Crippen LogP contribution in [0.3, 0.4) is 0 Å². The molecule has 0 unspecified atom stereocenters. The van der Waals surface area contributed by atoms with Crippen molar-refractivity contribution in [2.75, 3.05) is 18.6 Å². The van der Waals surface area contributed by atoms with E-state index in [1.165, 1.54) is 27.6 Å². The van der Waals surface area contributed by atoms with Crippen molar-refractivity contribution >= 4 is 44.5 Å². The molecule has 160 valence electrons. The van der Waals surface area contributed by atoms with Crippen LogP contribution in [-0.4, -0.2) is 18.6 Å². The van der Waals surface area contributed by atoms with E-state index in [1.54, 1.807) is 18.4 Å². The van der Waals surface area contributed by atoms with Gasteiger partial charge < -0.3 is 9.64 Å². The Morgan fingerprint density at radius 3 is 2.55 bits per heavy atom. The van der Waals surface area contributed by atoms with Gasteiger partial charge in [0.15, 0.2) is 5.13 Å². The molecule has 0 saturated carbocycles. The quantitative estimate of drug-likeness (QED) is 0.296. The molecule has 31 heavy (non-hydrogen) atoms. The fourth-order valence-corrected chi connectivity index (χ4v) is 5.21. The summed E-state index contributed by atoms with van der Waals surface area (Å²) in [5.41, 5.74) is 5.62. The van der Waals surface area contributed by atoms with Gasteiger partial charge in [-0.05, 0) is 56.3 Å². The first-order valence-corrected chi connectivity index (χ1v) is 11.7. The molecule has 1 aromatic heterocycles. The molecular formula is C26H27ClN2OS. The van der Waals surface area contributed by atoms with E-state index in [9.17, 15) is 0 Å². The van der Waals surface area contributed by atoms with E-state index < -0.39 is 0 Å². The van der Waals surface area contributed by atoms with E-state index in [0.717, 1.165) is 40.0 Å². The zero-order valence-corrected chi connectivity index (χ0v) is 20.2. The highest BCUT2D eigenvalue weighted by molar-refractivity contribution is 7.16. The van der Waals surface area contributed by atoms with E-state index in [-0.39, 0.29) is 0 Å². The largest absolute Gasteiger partial charge is 0.497 e. The van der Waals surface area contributed by atoms with Gasteiger partial charge in [0.2, 0.25) is 0 Å². The molecule has 3 nitrogen and oxygen atoms in total. The van der Waals surface area contributed by atoms with Crippen LogP contribution in [0.2, 0.25) is 5.02 Å². The van der Waals surface area contributed by atoms with Crippen molar-refractivity contribution in [3.05, 3.63) is 69.6 Å². The summed E-state index contributed by atoms with van der Waals surface area (Å²) in [6, 6.07) is 16.9. The summed E-state index contributed by atoms with van der Waals surface area (Å²) in [7, 11) is 1.65. The van der Waals surface area contributed by atoms with Crippen LogP contribution in [0, 0.1) is 20.8 Å². The monoisotopic (exact) mass is 450 g/mol. The van der Waals surface area contributed by atoms with Crippen LogP contribution in [0.1, 0.15) is 29.3 Å². The molecule has 0 fully saturated rings. The highest BCUT2D eigenvalue weighted by Crippen LogP contribution is 2.42. The molecule has 0 aliphatic rings. The third-order valence-electron chi connectivity index (χ3n) is 5.51. The zero-order chi connectivity index (χ0) is 22.1. The summed E-state index contributed by atoms with van der Waals surface area (Å²) in [6.45, 7) is 9.53. The topological polar surface area (TPSA) is 25.4 Å². The molecule has 1 heterocycles. The molecule has 0 saturated heterocycles. The zero-order valence-electron chi connectivity index (χ0n) is 18.6. The van der Waals surface area contributed by atoms with E-state index >= 15 is 0 Å². The van der Waals surface area contributed by atoms with Crippen LogP contribution in [-0.2, 0) is 0 Å². The maximum atomic E-state index is 6.57. The first-order chi connectivity index (χ1) is 14.9. The van der Waals surface area contributed by atoms with Crippen molar-refractivity contribution in [2.45, 2.75) is 34.1 Å². The lowest BCUT2D eigenvalue weighted by Crippen LogP contribution is -2.19. The van der Waals surface area contributed by atoms with Gasteiger partial charge >= 0.3 is 0 Å². The first-order valence-electron chi connectivity index (χ1n) is 10.5. The SMILES string of the molecule is CCCN(c1nc(-c2ccc(OC)cc2Cl)c(C)s1)c1c(C)ccc2cc(C)ccc12. The smallest absolute Gasteiger partial charge is 0.190 e. The Bertz CT molecular complexity index is 1250. The number of aryl methyl sites for hydroxylation is 3. The molecule has 0 bridgehead atoms. The van der Waals surface area contributed by atoms with E-state index in [0.29, 0.717) is 5.02 Å². The first kappa shape index (κ1) is 21.7. The van der Waals surface area contributed by atoms with Gasteiger partial charge in [-0.15, -0.1) is 11.3 Å². The summed E-state index contributed by atoms with van der Waals surface area (Å²) >= 11 is 8.29. The van der Waals surface area contributed by atoms with Crippen LogP contribution >= 0.6 is 22.9 Å². The molecule has 0 spiro atoms. The average Bonchev–Trinajstić information content (AvgIpc) is 3.13. The predicted molar refractivity (Wildman–Crippen MR) is 135 cm³/mol. The maximum absolute atomic E-state index is 6.57. The number of hydrogen-bond acceptors (Lipinski definition) is 4. The number of hydrogen-bond donors (Lipinski definition) is 0. The third kappa shape index (κ3) is 4.15. The second-order valence-electron chi connectivity index (χ2n) is 7.85. The van der Waals surface area contributed by atoms with Crippen molar-refractivity contribution in [3.8, 4) is 17.0 Å². The Balaban J connectivity index is 1.86. The van der Waals surface area contributed by atoms with Gasteiger partial charge in [-0.1, -0.05) is 54.4 Å². The maximum Gasteiger partial charge on any atom is 0.190 e. The van der Waals surface area contributed by atoms with Crippen molar-refractivity contribution in [1.29, 1.82) is 0 Å². The van der Waals surface area contributed by atoms with Crippen molar-refractivity contribution < 1.29 is 4.74 Å². The minimum absolute atomic E-state index is 0.651. The lowest BCUT2D eigenvalue weighted by atomic mass is 10.0. The minimum Gasteiger partial charge on any atom is -0.497 e. The van der Waals surface area contributed by atoms with Gasteiger partial charge in [0, 0.05) is 22.4 Å². The van der Waals surface area contributed by atoms with Gasteiger partial charge in [-0.25, -0.2) is 4.98 Å². The summed E-state index contributed by atoms with van der Waals surface area (Å²) in [5, 5.41) is 4.17. The second kappa shape index (κ2) is 8.89. The average molecular weight is 451 g/mol. The molecule has 3 aromatic carbocycles. The fraction of sp³-hybridized carbons (Fsp3) is 0.269. The Morgan fingerprint density at radius 1 is 1.03 bits per heavy atom. The van der Waals surface area contributed by atoms with Crippen molar-refractivity contribution in [2.24, 2.45) is 0 Å². The fourth-order valence-electron chi connectivity index (χ4n) is 3.99. The van der Waals surface area contributed by atoms with Gasteiger partial charge in [-0.2, -0.15) is 0 Å². The number of halogens is 1. The number of rotatable bonds is 6. The Labute approximate surface area is 193 Å². The minimum atomic E-state index is 0.651. The van der Waals surface area contributed by atoms with E-state index in [2.05, 4.69) is 62.9 Å². The number of benzene rings is 3. The van der Waals surface area contributed by atoms with E-state index in [4.69, 9.17) is 21.3 Å². The predicted octanol–water partition coefficient (Wildman–Crippen LogP) is 8.10.